The predicted octanol–water partition coefficient (Wildman–Crippen LogP) is 2.67. The molecule has 1 aromatic heterocycles. The van der Waals surface area contributed by atoms with Crippen LogP contribution in [0.4, 0.5) is 13.2 Å². The maximum absolute atomic E-state index is 11.2. The van der Waals surface area contributed by atoms with Gasteiger partial charge >= 0.3 is 12.1 Å². The van der Waals surface area contributed by atoms with Gasteiger partial charge in [-0.05, 0) is 30.2 Å². The van der Waals surface area contributed by atoms with E-state index in [1.54, 1.807) is 6.20 Å². The van der Waals surface area contributed by atoms with Gasteiger partial charge in [-0.25, -0.2) is 17.9 Å². The highest BCUT2D eigenvalue weighted by atomic mass is 35.5. The molecule has 0 radical (unpaired) electrons. The number of sulfonamides is 1. The first-order valence-electron chi connectivity index (χ1n) is 9.09. The number of benzene rings is 1. The summed E-state index contributed by atoms with van der Waals surface area (Å²) >= 11 is 5.94. The first kappa shape index (κ1) is 25.1. The summed E-state index contributed by atoms with van der Waals surface area (Å²) in [5.74, 6) is -2.76. The van der Waals surface area contributed by atoms with Crippen LogP contribution in [-0.4, -0.2) is 59.7 Å². The SMILES string of the molecule is CS(=O)(=O)NCCC1CN(Cc2ccc(Cl)cc2)Cc2ccnn21.O=C(O)C(F)(F)F. The summed E-state index contributed by atoms with van der Waals surface area (Å²) in [6.07, 6.45) is -1.39. The highest BCUT2D eigenvalue weighted by Crippen LogP contribution is 2.24. The Hall–Kier alpha value is -2.15. The number of carbonyl (C=O) groups is 1. The highest BCUT2D eigenvalue weighted by Gasteiger charge is 2.38. The third-order valence-corrected chi connectivity index (χ3v) is 5.34. The Kier molecular flexibility index (Phi) is 8.46. The number of nitrogens with zero attached hydrogens (tertiary/aromatic N) is 3. The minimum atomic E-state index is -5.08. The number of hydrogen-bond donors (Lipinski definition) is 2. The summed E-state index contributed by atoms with van der Waals surface area (Å²) < 4.78 is 58.8. The highest BCUT2D eigenvalue weighted by molar-refractivity contribution is 7.88. The predicted molar refractivity (Wildman–Crippen MR) is 108 cm³/mol. The van der Waals surface area contributed by atoms with Crippen LogP contribution in [0.5, 0.6) is 0 Å². The molecule has 8 nitrogen and oxygen atoms in total. The Bertz CT molecular complexity index is 980. The number of aromatic nitrogens is 2. The molecule has 0 saturated carbocycles. The van der Waals surface area contributed by atoms with Crippen LogP contribution in [-0.2, 0) is 27.9 Å². The molecular weight excluding hydrogens is 461 g/mol. The molecule has 0 fully saturated rings. The van der Waals surface area contributed by atoms with Crippen molar-refractivity contribution in [1.82, 2.24) is 19.4 Å². The Morgan fingerprint density at radius 1 is 1.29 bits per heavy atom. The van der Waals surface area contributed by atoms with Crippen molar-refractivity contribution in [2.45, 2.75) is 31.7 Å². The lowest BCUT2D eigenvalue weighted by Gasteiger charge is -2.34. The summed E-state index contributed by atoms with van der Waals surface area (Å²) in [6.45, 7) is 2.91. The molecule has 13 heteroatoms. The molecule has 3 rings (SSSR count). The van der Waals surface area contributed by atoms with Crippen molar-refractivity contribution in [3.63, 3.8) is 0 Å². The normalized spacial score (nSPS) is 16.9. The summed E-state index contributed by atoms with van der Waals surface area (Å²) in [4.78, 5) is 11.2. The van der Waals surface area contributed by atoms with E-state index in [2.05, 4.69) is 14.7 Å². The minimum absolute atomic E-state index is 0.158. The Labute approximate surface area is 182 Å². The van der Waals surface area contributed by atoms with Gasteiger partial charge in [0.2, 0.25) is 10.0 Å². The quantitative estimate of drug-likeness (QED) is 0.656. The number of nitrogens with one attached hydrogen (secondary N) is 1. The number of carboxylic acids is 1. The molecule has 1 atom stereocenters. The molecule has 0 aliphatic carbocycles. The number of halogens is 4. The lowest BCUT2D eigenvalue weighted by Crippen LogP contribution is -2.38. The fourth-order valence-corrected chi connectivity index (χ4v) is 3.67. The van der Waals surface area contributed by atoms with Crippen molar-refractivity contribution in [3.05, 3.63) is 52.8 Å². The molecule has 0 saturated heterocycles. The molecule has 1 aliphatic rings. The van der Waals surface area contributed by atoms with Crippen LogP contribution in [0.2, 0.25) is 5.02 Å². The van der Waals surface area contributed by atoms with E-state index in [9.17, 15) is 21.6 Å². The van der Waals surface area contributed by atoms with E-state index in [1.807, 2.05) is 35.0 Å². The van der Waals surface area contributed by atoms with Gasteiger partial charge in [-0.2, -0.15) is 18.3 Å². The fourth-order valence-electron chi connectivity index (χ4n) is 3.06. The fraction of sp³-hybridized carbons (Fsp3) is 0.444. The molecule has 31 heavy (non-hydrogen) atoms. The van der Waals surface area contributed by atoms with Gasteiger partial charge in [-0.3, -0.25) is 9.58 Å². The average molecular weight is 483 g/mol. The van der Waals surface area contributed by atoms with Crippen LogP contribution in [0.1, 0.15) is 23.7 Å². The smallest absolute Gasteiger partial charge is 0.475 e. The van der Waals surface area contributed by atoms with Gasteiger partial charge in [0.1, 0.15) is 0 Å². The number of carboxylic acid groups (broad SMARTS) is 1. The van der Waals surface area contributed by atoms with Crippen molar-refractivity contribution in [1.29, 1.82) is 0 Å². The second-order valence-electron chi connectivity index (χ2n) is 6.98. The molecule has 172 valence electrons. The van der Waals surface area contributed by atoms with Crippen molar-refractivity contribution in [2.75, 3.05) is 19.3 Å². The molecule has 2 heterocycles. The zero-order valence-electron chi connectivity index (χ0n) is 16.5. The molecule has 0 bridgehead atoms. The van der Waals surface area contributed by atoms with Crippen LogP contribution < -0.4 is 4.72 Å². The Balaban J connectivity index is 0.000000423. The minimum Gasteiger partial charge on any atom is -0.475 e. The molecule has 0 spiro atoms. The molecule has 2 N–H and O–H groups in total. The average Bonchev–Trinajstić information content (AvgIpc) is 3.11. The summed E-state index contributed by atoms with van der Waals surface area (Å²) in [6, 6.07) is 10.1. The molecule has 1 unspecified atom stereocenters. The van der Waals surface area contributed by atoms with E-state index in [4.69, 9.17) is 21.5 Å². The summed E-state index contributed by atoms with van der Waals surface area (Å²) in [5.41, 5.74) is 2.36. The molecular formula is C18H22ClF3N4O4S. The van der Waals surface area contributed by atoms with Crippen LogP contribution in [0.15, 0.2) is 36.5 Å². The number of aliphatic carboxylic acids is 1. The zero-order valence-corrected chi connectivity index (χ0v) is 18.1. The third-order valence-electron chi connectivity index (χ3n) is 4.36. The lowest BCUT2D eigenvalue weighted by molar-refractivity contribution is -0.192. The van der Waals surface area contributed by atoms with Gasteiger partial charge in [0.15, 0.2) is 0 Å². The Morgan fingerprint density at radius 2 is 1.90 bits per heavy atom. The molecule has 0 amide bonds. The van der Waals surface area contributed by atoms with Gasteiger partial charge in [-0.15, -0.1) is 0 Å². The maximum Gasteiger partial charge on any atom is 0.490 e. The van der Waals surface area contributed by atoms with Crippen LogP contribution >= 0.6 is 11.6 Å². The standard InChI is InChI=1S/C16H21ClN4O2S.C2HF3O2/c1-24(22,23)19-9-7-16-12-20(11-15-6-8-18-21(15)16)10-13-2-4-14(17)5-3-13;3-2(4,5)1(6)7/h2-6,8,16,19H,7,9-12H2,1H3;(H,6,7). The van der Waals surface area contributed by atoms with Crippen molar-refractivity contribution in [3.8, 4) is 0 Å². The van der Waals surface area contributed by atoms with E-state index in [1.165, 1.54) is 11.8 Å². The van der Waals surface area contributed by atoms with E-state index in [0.717, 1.165) is 30.4 Å². The topological polar surface area (TPSA) is 105 Å². The lowest BCUT2D eigenvalue weighted by atomic mass is 10.1. The van der Waals surface area contributed by atoms with E-state index in [0.29, 0.717) is 13.0 Å². The van der Waals surface area contributed by atoms with Crippen LogP contribution in [0.25, 0.3) is 0 Å². The summed E-state index contributed by atoms with van der Waals surface area (Å²) in [5, 5.41) is 12.3. The maximum atomic E-state index is 11.2. The van der Waals surface area contributed by atoms with Crippen molar-refractivity contribution in [2.24, 2.45) is 0 Å². The second kappa shape index (κ2) is 10.4. The second-order valence-corrected chi connectivity index (χ2v) is 9.24. The first-order valence-corrected chi connectivity index (χ1v) is 11.4. The third kappa shape index (κ3) is 8.48. The number of fused-ring (bicyclic) bond motifs is 1. The zero-order chi connectivity index (χ0) is 23.2. The van der Waals surface area contributed by atoms with Gasteiger partial charge in [0.25, 0.3) is 0 Å². The van der Waals surface area contributed by atoms with Gasteiger partial charge in [0.05, 0.1) is 18.0 Å². The van der Waals surface area contributed by atoms with E-state index in [-0.39, 0.29) is 6.04 Å². The number of rotatable bonds is 6. The van der Waals surface area contributed by atoms with Crippen molar-refractivity contribution >= 4 is 27.6 Å². The molecule has 2 aromatic rings. The monoisotopic (exact) mass is 482 g/mol. The van der Waals surface area contributed by atoms with Crippen LogP contribution in [0.3, 0.4) is 0 Å². The summed E-state index contributed by atoms with van der Waals surface area (Å²) in [7, 11) is -3.16. The van der Waals surface area contributed by atoms with Crippen LogP contribution in [0, 0.1) is 0 Å². The van der Waals surface area contributed by atoms with E-state index >= 15 is 0 Å². The van der Waals surface area contributed by atoms with Crippen molar-refractivity contribution < 1.29 is 31.5 Å². The van der Waals surface area contributed by atoms with E-state index < -0.39 is 22.2 Å². The number of alkyl halides is 3. The van der Waals surface area contributed by atoms with Gasteiger partial charge in [-0.1, -0.05) is 23.7 Å². The molecule has 1 aliphatic heterocycles. The van der Waals surface area contributed by atoms with Gasteiger partial charge < -0.3 is 5.11 Å². The first-order chi connectivity index (χ1) is 14.3. The largest absolute Gasteiger partial charge is 0.490 e. The molecule has 1 aromatic carbocycles. The number of hydrogen-bond acceptors (Lipinski definition) is 5. The van der Waals surface area contributed by atoms with Gasteiger partial charge in [0, 0.05) is 37.4 Å². The Morgan fingerprint density at radius 3 is 2.45 bits per heavy atom.